The van der Waals surface area contributed by atoms with Crippen LogP contribution >= 0.6 is 31.9 Å². The van der Waals surface area contributed by atoms with Crippen molar-refractivity contribution in [3.63, 3.8) is 0 Å². The van der Waals surface area contributed by atoms with E-state index >= 15 is 0 Å². The minimum Gasteiger partial charge on any atom is -0.503 e. The van der Waals surface area contributed by atoms with Crippen molar-refractivity contribution in [3.05, 3.63) is 20.6 Å². The number of benzene rings is 1. The van der Waals surface area contributed by atoms with Crippen LogP contribution in [0.15, 0.2) is 15.0 Å². The molecule has 0 saturated carbocycles. The first-order valence-electron chi connectivity index (χ1n) is 5.88. The number of hydrogen-bond acceptors (Lipinski definition) is 3. The Hall–Kier alpha value is -0.260. The van der Waals surface area contributed by atoms with E-state index in [2.05, 4.69) is 45.7 Å². The molecule has 1 rings (SSSR count). The summed E-state index contributed by atoms with van der Waals surface area (Å²) < 4.78 is 6.51. The third kappa shape index (κ3) is 3.62. The van der Waals surface area contributed by atoms with Crippen LogP contribution in [0.1, 0.15) is 38.3 Å². The van der Waals surface area contributed by atoms with E-state index in [1.807, 2.05) is 0 Å². The monoisotopic (exact) mass is 379 g/mol. The molecule has 1 aromatic rings. The third-order valence-electron chi connectivity index (χ3n) is 2.85. The molecule has 1 atom stereocenters. The normalized spacial score (nSPS) is 12.8. The first-order valence-corrected chi connectivity index (χ1v) is 7.47. The molecular formula is C13H19Br2NO2. The summed E-state index contributed by atoms with van der Waals surface area (Å²) >= 11 is 6.80. The molecule has 0 unspecified atom stereocenters. The van der Waals surface area contributed by atoms with Gasteiger partial charge in [-0.2, -0.15) is 0 Å². The van der Waals surface area contributed by atoms with Gasteiger partial charge in [-0.15, -0.1) is 0 Å². The zero-order valence-corrected chi connectivity index (χ0v) is 14.0. The zero-order chi connectivity index (χ0) is 13.9. The number of phenols is 1. The van der Waals surface area contributed by atoms with Gasteiger partial charge in [-0.1, -0.05) is 13.8 Å². The van der Waals surface area contributed by atoms with Crippen molar-refractivity contribution in [1.29, 1.82) is 0 Å². The van der Waals surface area contributed by atoms with Crippen LogP contribution in [-0.2, 0) is 0 Å². The van der Waals surface area contributed by atoms with Gasteiger partial charge < -0.3 is 15.6 Å². The molecule has 0 aliphatic heterocycles. The maximum atomic E-state index is 9.86. The number of nitrogens with two attached hydrogens (primary N) is 1. The van der Waals surface area contributed by atoms with Gasteiger partial charge in [-0.05, 0) is 62.2 Å². The maximum absolute atomic E-state index is 9.86. The number of hydrogen-bond donors (Lipinski definition) is 2. The molecule has 5 heteroatoms. The van der Waals surface area contributed by atoms with E-state index in [-0.39, 0.29) is 11.8 Å². The van der Waals surface area contributed by atoms with Crippen LogP contribution in [-0.4, -0.2) is 12.2 Å². The summed E-state index contributed by atoms with van der Waals surface area (Å²) in [5.74, 6) is 1.14. The summed E-state index contributed by atoms with van der Waals surface area (Å²) in [6, 6.07) is 1.71. The van der Waals surface area contributed by atoms with Crippen LogP contribution in [0, 0.1) is 5.92 Å². The van der Waals surface area contributed by atoms with Crippen LogP contribution < -0.4 is 10.5 Å². The van der Waals surface area contributed by atoms with Crippen LogP contribution in [0.4, 0.5) is 0 Å². The number of halogens is 2. The van der Waals surface area contributed by atoms with Crippen molar-refractivity contribution in [1.82, 2.24) is 0 Å². The molecule has 3 N–H and O–H groups in total. The largest absolute Gasteiger partial charge is 0.503 e. The highest BCUT2D eigenvalue weighted by atomic mass is 79.9. The fraction of sp³-hybridized carbons (Fsp3) is 0.538. The van der Waals surface area contributed by atoms with Crippen LogP contribution in [0.5, 0.6) is 11.5 Å². The number of aromatic hydroxyl groups is 1. The second-order valence-electron chi connectivity index (χ2n) is 4.72. The predicted molar refractivity (Wildman–Crippen MR) is 81.1 cm³/mol. The minimum atomic E-state index is -0.0763. The summed E-state index contributed by atoms with van der Waals surface area (Å²) in [6.45, 7) is 4.35. The Labute approximate surface area is 125 Å². The number of ether oxygens (including phenoxy) is 1. The molecule has 0 amide bonds. The molecule has 0 saturated heterocycles. The van der Waals surface area contributed by atoms with Crippen molar-refractivity contribution in [2.45, 2.75) is 32.7 Å². The molecule has 0 bridgehead atoms. The van der Waals surface area contributed by atoms with Crippen LogP contribution in [0.3, 0.4) is 0 Å². The summed E-state index contributed by atoms with van der Waals surface area (Å²) in [7, 11) is 1.53. The average molecular weight is 381 g/mol. The Kier molecular flexibility index (Phi) is 5.95. The Morgan fingerprint density at radius 3 is 2.39 bits per heavy atom. The highest BCUT2D eigenvalue weighted by Crippen LogP contribution is 2.43. The summed E-state index contributed by atoms with van der Waals surface area (Å²) in [5.41, 5.74) is 7.14. The average Bonchev–Trinajstić information content (AvgIpc) is 2.33. The van der Waals surface area contributed by atoms with E-state index in [0.717, 1.165) is 22.9 Å². The molecule has 102 valence electrons. The molecule has 1 aromatic carbocycles. The molecule has 0 aliphatic rings. The Bertz CT molecular complexity index is 422. The smallest absolute Gasteiger partial charge is 0.173 e. The lowest BCUT2D eigenvalue weighted by Gasteiger charge is -2.18. The Morgan fingerprint density at radius 2 is 1.89 bits per heavy atom. The van der Waals surface area contributed by atoms with E-state index < -0.39 is 0 Å². The first-order chi connectivity index (χ1) is 8.38. The number of phenolic OH excluding ortho intramolecular Hbond substituents is 1. The zero-order valence-electron chi connectivity index (χ0n) is 10.8. The predicted octanol–water partition coefficient (Wildman–Crippen LogP) is 4.36. The van der Waals surface area contributed by atoms with Crippen molar-refractivity contribution >= 4 is 31.9 Å². The summed E-state index contributed by atoms with van der Waals surface area (Å²) in [6.07, 6.45) is 1.96. The van der Waals surface area contributed by atoms with Crippen LogP contribution in [0.25, 0.3) is 0 Å². The van der Waals surface area contributed by atoms with Gasteiger partial charge in [0.05, 0.1) is 11.6 Å². The van der Waals surface area contributed by atoms with E-state index in [1.54, 1.807) is 6.07 Å². The lowest BCUT2D eigenvalue weighted by molar-refractivity contribution is 0.370. The van der Waals surface area contributed by atoms with E-state index in [4.69, 9.17) is 10.5 Å². The van der Waals surface area contributed by atoms with Gasteiger partial charge in [0.15, 0.2) is 11.5 Å². The quantitative estimate of drug-likeness (QED) is 0.797. The highest BCUT2D eigenvalue weighted by molar-refractivity contribution is 9.13. The molecule has 18 heavy (non-hydrogen) atoms. The van der Waals surface area contributed by atoms with Gasteiger partial charge in [-0.25, -0.2) is 0 Å². The number of methoxy groups -OCH3 is 1. The summed E-state index contributed by atoms with van der Waals surface area (Å²) in [4.78, 5) is 0. The Morgan fingerprint density at radius 1 is 1.28 bits per heavy atom. The molecule has 0 heterocycles. The molecule has 0 aliphatic carbocycles. The topological polar surface area (TPSA) is 55.5 Å². The van der Waals surface area contributed by atoms with Gasteiger partial charge in [0, 0.05) is 10.5 Å². The molecule has 0 aromatic heterocycles. The fourth-order valence-electron chi connectivity index (χ4n) is 1.71. The van der Waals surface area contributed by atoms with Gasteiger partial charge >= 0.3 is 0 Å². The van der Waals surface area contributed by atoms with E-state index in [0.29, 0.717) is 16.1 Å². The molecule has 0 spiro atoms. The fourth-order valence-corrected chi connectivity index (χ4v) is 2.73. The van der Waals surface area contributed by atoms with Crippen LogP contribution in [0.2, 0.25) is 0 Å². The third-order valence-corrected chi connectivity index (χ3v) is 5.01. The Balaban J connectivity index is 3.04. The van der Waals surface area contributed by atoms with Crippen molar-refractivity contribution in [2.75, 3.05) is 7.11 Å². The minimum absolute atomic E-state index is 0.0763. The first kappa shape index (κ1) is 15.8. The lowest BCUT2D eigenvalue weighted by atomic mass is 9.98. The van der Waals surface area contributed by atoms with Gasteiger partial charge in [0.1, 0.15) is 0 Å². The molecular weight excluding hydrogens is 362 g/mol. The lowest BCUT2D eigenvalue weighted by Crippen LogP contribution is -2.12. The SMILES string of the molecule is COc1cc([C@H](N)CCC(C)C)c(Br)c(Br)c1O. The number of rotatable bonds is 5. The van der Waals surface area contributed by atoms with E-state index in [9.17, 15) is 5.11 Å². The van der Waals surface area contributed by atoms with E-state index in [1.165, 1.54) is 7.11 Å². The highest BCUT2D eigenvalue weighted by Gasteiger charge is 2.19. The van der Waals surface area contributed by atoms with Gasteiger partial charge in [0.2, 0.25) is 0 Å². The summed E-state index contributed by atoms with van der Waals surface area (Å²) in [5, 5.41) is 9.86. The van der Waals surface area contributed by atoms with Gasteiger partial charge in [0.25, 0.3) is 0 Å². The van der Waals surface area contributed by atoms with Crippen molar-refractivity contribution < 1.29 is 9.84 Å². The standard InChI is InChI=1S/C13H19Br2NO2/c1-7(2)4-5-9(16)8-6-10(18-3)13(17)12(15)11(8)14/h6-7,9,17H,4-5,16H2,1-3H3/t9-/m1/s1. The van der Waals surface area contributed by atoms with Crippen molar-refractivity contribution in [3.8, 4) is 11.5 Å². The molecule has 3 nitrogen and oxygen atoms in total. The van der Waals surface area contributed by atoms with Gasteiger partial charge in [-0.3, -0.25) is 0 Å². The second kappa shape index (κ2) is 6.78. The molecule has 0 fully saturated rings. The maximum Gasteiger partial charge on any atom is 0.173 e. The molecule has 0 radical (unpaired) electrons. The second-order valence-corrected chi connectivity index (χ2v) is 6.31. The van der Waals surface area contributed by atoms with Crippen molar-refractivity contribution in [2.24, 2.45) is 11.7 Å².